The fourth-order valence-corrected chi connectivity index (χ4v) is 1.75. The average Bonchev–Trinajstić information content (AvgIpc) is 2.82. The van der Waals surface area contributed by atoms with E-state index in [4.69, 9.17) is 0 Å². The van der Waals surface area contributed by atoms with E-state index in [1.54, 1.807) is 12.5 Å². The van der Waals surface area contributed by atoms with Gasteiger partial charge in [-0.1, -0.05) is 37.3 Å². The van der Waals surface area contributed by atoms with Gasteiger partial charge in [0.15, 0.2) is 0 Å². The van der Waals surface area contributed by atoms with E-state index in [1.165, 1.54) is 0 Å². The molecule has 0 spiro atoms. The highest BCUT2D eigenvalue weighted by atomic mass is 16.3. The number of nitrogens with zero attached hydrogens (tertiary/aromatic N) is 2. The molecular formula is C13H16N2O. The molecule has 16 heavy (non-hydrogen) atoms. The average molecular weight is 216 g/mol. The second kappa shape index (κ2) is 4.94. The van der Waals surface area contributed by atoms with Crippen molar-refractivity contribution in [2.75, 3.05) is 0 Å². The molecule has 2 atom stereocenters. The first-order valence-electron chi connectivity index (χ1n) is 5.46. The Labute approximate surface area is 95.4 Å². The summed E-state index contributed by atoms with van der Waals surface area (Å²) in [5.41, 5.74) is 1.16. The first-order valence-corrected chi connectivity index (χ1v) is 5.46. The number of aromatic nitrogens is 2. The predicted molar refractivity (Wildman–Crippen MR) is 63.1 cm³/mol. The molecule has 0 aliphatic heterocycles. The molecule has 1 aromatic heterocycles. The Morgan fingerprint density at radius 1 is 1.31 bits per heavy atom. The summed E-state index contributed by atoms with van der Waals surface area (Å²) >= 11 is 0. The van der Waals surface area contributed by atoms with Crippen LogP contribution in [0.2, 0.25) is 0 Å². The maximum atomic E-state index is 10.1. The van der Waals surface area contributed by atoms with E-state index in [2.05, 4.69) is 4.98 Å². The maximum absolute atomic E-state index is 10.1. The van der Waals surface area contributed by atoms with Crippen molar-refractivity contribution in [2.45, 2.75) is 25.5 Å². The lowest BCUT2D eigenvalue weighted by Crippen LogP contribution is -2.21. The molecule has 0 saturated carbocycles. The quantitative estimate of drug-likeness (QED) is 0.849. The zero-order valence-corrected chi connectivity index (χ0v) is 9.32. The number of benzene rings is 1. The third-order valence-corrected chi connectivity index (χ3v) is 2.86. The van der Waals surface area contributed by atoms with Gasteiger partial charge in [0.2, 0.25) is 0 Å². The summed E-state index contributed by atoms with van der Waals surface area (Å²) in [6.45, 7) is 2.62. The lowest BCUT2D eigenvalue weighted by atomic mass is 9.95. The van der Waals surface area contributed by atoms with Crippen molar-refractivity contribution < 1.29 is 5.11 Å². The fraction of sp³-hybridized carbons (Fsp3) is 0.308. The summed E-state index contributed by atoms with van der Waals surface area (Å²) in [6, 6.07) is 10.1. The van der Waals surface area contributed by atoms with E-state index in [9.17, 15) is 5.11 Å². The molecule has 2 aromatic rings. The third-order valence-electron chi connectivity index (χ3n) is 2.86. The highest BCUT2D eigenvalue weighted by molar-refractivity contribution is 5.19. The van der Waals surface area contributed by atoms with Gasteiger partial charge in [-0.3, -0.25) is 0 Å². The Hall–Kier alpha value is -1.61. The van der Waals surface area contributed by atoms with Crippen LogP contribution in [0.3, 0.4) is 0 Å². The zero-order chi connectivity index (χ0) is 11.4. The second-order valence-corrected chi connectivity index (χ2v) is 4.03. The molecule has 0 bridgehead atoms. The van der Waals surface area contributed by atoms with Gasteiger partial charge in [-0.15, -0.1) is 0 Å². The van der Waals surface area contributed by atoms with Crippen LogP contribution in [-0.2, 0) is 6.54 Å². The second-order valence-electron chi connectivity index (χ2n) is 4.03. The van der Waals surface area contributed by atoms with Crippen molar-refractivity contribution in [2.24, 2.45) is 0 Å². The minimum absolute atomic E-state index is 0.128. The van der Waals surface area contributed by atoms with E-state index >= 15 is 0 Å². The Balaban J connectivity index is 2.02. The number of aliphatic hydroxyl groups excluding tert-OH is 1. The molecule has 2 rings (SSSR count). The SMILES string of the molecule is CC(c1ccccc1)C(O)Cn1ccnc1. The molecule has 0 amide bonds. The molecule has 1 N–H and O–H groups in total. The predicted octanol–water partition coefficient (Wildman–Crippen LogP) is 2.05. The standard InChI is InChI=1S/C13H16N2O/c1-11(12-5-3-2-4-6-12)13(16)9-15-8-7-14-10-15/h2-8,10-11,13,16H,9H2,1H3. The highest BCUT2D eigenvalue weighted by Gasteiger charge is 2.16. The topological polar surface area (TPSA) is 38.0 Å². The molecule has 84 valence electrons. The van der Waals surface area contributed by atoms with E-state index < -0.39 is 6.10 Å². The Bertz CT molecular complexity index is 411. The van der Waals surface area contributed by atoms with Crippen LogP contribution in [0.1, 0.15) is 18.4 Å². The lowest BCUT2D eigenvalue weighted by molar-refractivity contribution is 0.129. The van der Waals surface area contributed by atoms with E-state index in [1.807, 2.05) is 48.0 Å². The summed E-state index contributed by atoms with van der Waals surface area (Å²) in [7, 11) is 0. The third kappa shape index (κ3) is 2.49. The van der Waals surface area contributed by atoms with Gasteiger partial charge in [-0.2, -0.15) is 0 Å². The van der Waals surface area contributed by atoms with Gasteiger partial charge in [-0.05, 0) is 5.56 Å². The number of rotatable bonds is 4. The van der Waals surface area contributed by atoms with Gasteiger partial charge < -0.3 is 9.67 Å². The van der Waals surface area contributed by atoms with Crippen LogP contribution in [0.15, 0.2) is 49.1 Å². The molecule has 1 aromatic carbocycles. The maximum Gasteiger partial charge on any atom is 0.0946 e. The first-order chi connectivity index (χ1) is 7.77. The molecule has 0 aliphatic rings. The van der Waals surface area contributed by atoms with Crippen molar-refractivity contribution >= 4 is 0 Å². The molecule has 0 radical (unpaired) electrons. The Morgan fingerprint density at radius 2 is 2.06 bits per heavy atom. The zero-order valence-electron chi connectivity index (χ0n) is 9.32. The molecule has 0 saturated heterocycles. The summed E-state index contributed by atoms with van der Waals surface area (Å²) in [6.07, 6.45) is 4.92. The fourth-order valence-electron chi connectivity index (χ4n) is 1.75. The summed E-state index contributed by atoms with van der Waals surface area (Å²) in [5, 5.41) is 10.1. The molecule has 0 fully saturated rings. The molecular weight excluding hydrogens is 200 g/mol. The van der Waals surface area contributed by atoms with E-state index in [0.717, 1.165) is 5.56 Å². The first kappa shape index (κ1) is 10.9. The van der Waals surface area contributed by atoms with Gasteiger partial charge in [0.1, 0.15) is 0 Å². The van der Waals surface area contributed by atoms with Crippen LogP contribution in [0, 0.1) is 0 Å². The van der Waals surface area contributed by atoms with E-state index in [0.29, 0.717) is 6.54 Å². The van der Waals surface area contributed by atoms with Crippen LogP contribution < -0.4 is 0 Å². The summed E-state index contributed by atoms with van der Waals surface area (Å²) < 4.78 is 1.89. The molecule has 3 heteroatoms. The van der Waals surface area contributed by atoms with Crippen LogP contribution in [0.5, 0.6) is 0 Å². The minimum atomic E-state index is -0.392. The van der Waals surface area contributed by atoms with Gasteiger partial charge >= 0.3 is 0 Å². The number of aliphatic hydroxyl groups is 1. The number of hydrogen-bond donors (Lipinski definition) is 1. The smallest absolute Gasteiger partial charge is 0.0946 e. The van der Waals surface area contributed by atoms with Crippen LogP contribution >= 0.6 is 0 Å². The largest absolute Gasteiger partial charge is 0.391 e. The normalized spacial score (nSPS) is 14.6. The molecule has 0 aliphatic carbocycles. The monoisotopic (exact) mass is 216 g/mol. The summed E-state index contributed by atoms with van der Waals surface area (Å²) in [4.78, 5) is 3.96. The van der Waals surface area contributed by atoms with Gasteiger partial charge in [0.25, 0.3) is 0 Å². The Morgan fingerprint density at radius 3 is 2.69 bits per heavy atom. The summed E-state index contributed by atoms with van der Waals surface area (Å²) in [5.74, 6) is 0.128. The Kier molecular flexibility index (Phi) is 3.37. The number of hydrogen-bond acceptors (Lipinski definition) is 2. The van der Waals surface area contributed by atoms with Crippen molar-refractivity contribution in [3.05, 3.63) is 54.6 Å². The van der Waals surface area contributed by atoms with Crippen LogP contribution in [-0.4, -0.2) is 20.8 Å². The molecule has 3 nitrogen and oxygen atoms in total. The van der Waals surface area contributed by atoms with Crippen LogP contribution in [0.25, 0.3) is 0 Å². The molecule has 2 unspecified atom stereocenters. The van der Waals surface area contributed by atoms with Crippen LogP contribution in [0.4, 0.5) is 0 Å². The lowest BCUT2D eigenvalue weighted by Gasteiger charge is -2.19. The van der Waals surface area contributed by atoms with Gasteiger partial charge in [0.05, 0.1) is 19.0 Å². The van der Waals surface area contributed by atoms with Crippen molar-refractivity contribution in [1.29, 1.82) is 0 Å². The van der Waals surface area contributed by atoms with E-state index in [-0.39, 0.29) is 5.92 Å². The molecule has 1 heterocycles. The highest BCUT2D eigenvalue weighted by Crippen LogP contribution is 2.19. The van der Waals surface area contributed by atoms with Crippen molar-refractivity contribution in [3.63, 3.8) is 0 Å². The number of imidazole rings is 1. The van der Waals surface area contributed by atoms with Gasteiger partial charge in [-0.25, -0.2) is 4.98 Å². The van der Waals surface area contributed by atoms with Crippen molar-refractivity contribution in [3.8, 4) is 0 Å². The minimum Gasteiger partial charge on any atom is -0.391 e. The van der Waals surface area contributed by atoms with Gasteiger partial charge in [0, 0.05) is 18.3 Å². The van der Waals surface area contributed by atoms with Crippen molar-refractivity contribution in [1.82, 2.24) is 9.55 Å².